The van der Waals surface area contributed by atoms with E-state index in [4.69, 9.17) is 4.74 Å². The number of β-amino-alcohol motifs (C(OH)–C–C–N with tert-alkyl or cyclic N) is 1. The van der Waals surface area contributed by atoms with Gasteiger partial charge < -0.3 is 19.8 Å². The van der Waals surface area contributed by atoms with Crippen molar-refractivity contribution in [3.63, 3.8) is 0 Å². The fourth-order valence-corrected chi connectivity index (χ4v) is 3.44. The van der Waals surface area contributed by atoms with Crippen LogP contribution in [0.5, 0.6) is 5.75 Å². The van der Waals surface area contributed by atoms with Gasteiger partial charge in [-0.15, -0.1) is 0 Å². The molecule has 0 spiro atoms. The first-order valence-electron chi connectivity index (χ1n) is 8.53. The Morgan fingerprint density at radius 2 is 1.76 bits per heavy atom. The molecule has 25 heavy (non-hydrogen) atoms. The van der Waals surface area contributed by atoms with Crippen LogP contribution >= 0.6 is 0 Å². The molecule has 0 aliphatic carbocycles. The molecule has 1 heterocycles. The second kappa shape index (κ2) is 7.52. The Balaban J connectivity index is 1.62. The Morgan fingerprint density at radius 3 is 2.40 bits per heavy atom. The van der Waals surface area contributed by atoms with E-state index in [1.807, 2.05) is 24.3 Å². The number of benzene rings is 2. The van der Waals surface area contributed by atoms with Crippen molar-refractivity contribution in [1.82, 2.24) is 4.90 Å². The van der Waals surface area contributed by atoms with E-state index in [2.05, 4.69) is 4.90 Å². The number of rotatable bonds is 5. The molecule has 0 amide bonds. The van der Waals surface area contributed by atoms with Crippen LogP contribution < -0.4 is 4.74 Å². The molecule has 0 bridgehead atoms. The number of likely N-dealkylation sites (tertiary alicyclic amines) is 1. The number of nitrogens with zero attached hydrogens (tertiary/aromatic N) is 1. The first kappa shape index (κ1) is 17.9. The van der Waals surface area contributed by atoms with Gasteiger partial charge in [0.1, 0.15) is 11.6 Å². The number of piperidine rings is 1. The van der Waals surface area contributed by atoms with Crippen molar-refractivity contribution >= 4 is 0 Å². The topological polar surface area (TPSA) is 52.9 Å². The summed E-state index contributed by atoms with van der Waals surface area (Å²) in [6.45, 7) is 1.81. The van der Waals surface area contributed by atoms with Crippen LogP contribution in [0.15, 0.2) is 48.5 Å². The quantitative estimate of drug-likeness (QED) is 0.875. The molecule has 0 radical (unpaired) electrons. The lowest BCUT2D eigenvalue weighted by molar-refractivity contribution is -0.0358. The van der Waals surface area contributed by atoms with Crippen molar-refractivity contribution in [2.24, 2.45) is 0 Å². The van der Waals surface area contributed by atoms with E-state index < -0.39 is 11.7 Å². The summed E-state index contributed by atoms with van der Waals surface area (Å²) in [5.41, 5.74) is 0.604. The third-order valence-corrected chi connectivity index (χ3v) is 4.98. The van der Waals surface area contributed by atoms with Crippen molar-refractivity contribution in [2.75, 3.05) is 26.7 Å². The number of para-hydroxylation sites is 1. The highest BCUT2D eigenvalue weighted by molar-refractivity contribution is 5.38. The fourth-order valence-electron chi connectivity index (χ4n) is 3.44. The molecule has 1 aliphatic heterocycles. The lowest BCUT2D eigenvalue weighted by Gasteiger charge is -2.39. The van der Waals surface area contributed by atoms with Crippen molar-refractivity contribution in [3.05, 3.63) is 65.5 Å². The summed E-state index contributed by atoms with van der Waals surface area (Å²) in [6.07, 6.45) is 0.477. The van der Waals surface area contributed by atoms with Crippen LogP contribution in [-0.4, -0.2) is 41.9 Å². The number of hydrogen-bond acceptors (Lipinski definition) is 4. The van der Waals surface area contributed by atoms with E-state index in [1.165, 1.54) is 12.1 Å². The van der Waals surface area contributed by atoms with Crippen molar-refractivity contribution in [2.45, 2.75) is 24.5 Å². The molecule has 1 fully saturated rings. The molecule has 0 saturated carbocycles. The number of ether oxygens (including phenoxy) is 1. The molecular weight excluding hydrogens is 321 g/mol. The molecule has 1 saturated heterocycles. The van der Waals surface area contributed by atoms with E-state index in [0.29, 0.717) is 43.8 Å². The summed E-state index contributed by atoms with van der Waals surface area (Å²) >= 11 is 0. The number of aliphatic hydroxyl groups is 2. The van der Waals surface area contributed by atoms with Gasteiger partial charge in [-0.2, -0.15) is 0 Å². The Labute approximate surface area is 147 Å². The second-order valence-corrected chi connectivity index (χ2v) is 6.60. The van der Waals surface area contributed by atoms with Gasteiger partial charge in [-0.3, -0.25) is 0 Å². The number of aliphatic hydroxyl groups excluding tert-OH is 1. The summed E-state index contributed by atoms with van der Waals surface area (Å²) in [5, 5.41) is 21.4. The minimum atomic E-state index is -0.913. The van der Waals surface area contributed by atoms with Crippen LogP contribution in [0.25, 0.3) is 0 Å². The molecule has 0 aromatic heterocycles. The van der Waals surface area contributed by atoms with Crippen LogP contribution in [0.1, 0.15) is 30.1 Å². The maximum atomic E-state index is 13.0. The zero-order chi connectivity index (χ0) is 17.9. The van der Waals surface area contributed by atoms with Crippen LogP contribution in [0.3, 0.4) is 0 Å². The number of hydrogen-bond donors (Lipinski definition) is 2. The average molecular weight is 345 g/mol. The normalized spacial score (nSPS) is 18.7. The predicted octanol–water partition coefficient (Wildman–Crippen LogP) is 2.85. The maximum absolute atomic E-state index is 13.0. The first-order chi connectivity index (χ1) is 12.0. The Hall–Kier alpha value is -1.95. The smallest absolute Gasteiger partial charge is 0.124 e. The van der Waals surface area contributed by atoms with E-state index in [0.717, 1.165) is 5.56 Å². The van der Waals surface area contributed by atoms with Gasteiger partial charge in [-0.1, -0.05) is 30.3 Å². The highest BCUT2D eigenvalue weighted by Gasteiger charge is 2.36. The Bertz CT molecular complexity index is 696. The zero-order valence-electron chi connectivity index (χ0n) is 14.4. The van der Waals surface area contributed by atoms with E-state index in [1.54, 1.807) is 19.2 Å². The van der Waals surface area contributed by atoms with Gasteiger partial charge in [0.25, 0.3) is 0 Å². The van der Waals surface area contributed by atoms with Gasteiger partial charge in [0.2, 0.25) is 0 Å². The van der Waals surface area contributed by atoms with Gasteiger partial charge in [0, 0.05) is 25.2 Å². The van der Waals surface area contributed by atoms with Crippen LogP contribution in [0, 0.1) is 5.82 Å². The average Bonchev–Trinajstić information content (AvgIpc) is 2.64. The minimum Gasteiger partial charge on any atom is -0.496 e. The third kappa shape index (κ3) is 4.00. The largest absolute Gasteiger partial charge is 0.496 e. The van der Waals surface area contributed by atoms with Gasteiger partial charge in [-0.05, 0) is 36.6 Å². The Morgan fingerprint density at radius 1 is 1.12 bits per heavy atom. The summed E-state index contributed by atoms with van der Waals surface area (Å²) in [7, 11) is 1.61. The molecule has 2 aromatic rings. The number of methoxy groups -OCH3 is 1. The number of halogens is 1. The summed E-state index contributed by atoms with van der Waals surface area (Å²) in [6, 6.07) is 13.5. The third-order valence-electron chi connectivity index (χ3n) is 4.98. The predicted molar refractivity (Wildman–Crippen MR) is 93.9 cm³/mol. The summed E-state index contributed by atoms with van der Waals surface area (Å²) < 4.78 is 18.4. The van der Waals surface area contributed by atoms with Gasteiger partial charge in [0.15, 0.2) is 0 Å². The molecule has 1 aliphatic rings. The lowest BCUT2D eigenvalue weighted by Crippen LogP contribution is -2.44. The van der Waals surface area contributed by atoms with Gasteiger partial charge in [0.05, 0.1) is 18.8 Å². The molecule has 3 rings (SSSR count). The fraction of sp³-hybridized carbons (Fsp3) is 0.400. The minimum absolute atomic E-state index is 0.309. The zero-order valence-corrected chi connectivity index (χ0v) is 14.4. The van der Waals surface area contributed by atoms with Crippen molar-refractivity contribution in [3.8, 4) is 5.75 Å². The van der Waals surface area contributed by atoms with Gasteiger partial charge in [-0.25, -0.2) is 4.39 Å². The highest BCUT2D eigenvalue weighted by Crippen LogP contribution is 2.38. The summed E-state index contributed by atoms with van der Waals surface area (Å²) in [5.74, 6) is 0.389. The molecular formula is C20H24FNO3. The van der Waals surface area contributed by atoms with E-state index >= 15 is 0 Å². The standard InChI is InChI=1S/C20H24FNO3/c1-25-19-5-3-2-4-17(19)20(24)10-12-22(13-11-20)14-18(23)15-6-8-16(21)9-7-15/h2-9,18,23-24H,10-14H2,1H3. The molecule has 1 atom stereocenters. The molecule has 1 unspecified atom stereocenters. The summed E-state index contributed by atoms with van der Waals surface area (Å²) in [4.78, 5) is 2.12. The molecule has 134 valence electrons. The monoisotopic (exact) mass is 345 g/mol. The second-order valence-electron chi connectivity index (χ2n) is 6.60. The van der Waals surface area contributed by atoms with Gasteiger partial charge >= 0.3 is 0 Å². The van der Waals surface area contributed by atoms with Crippen LogP contribution in [0.2, 0.25) is 0 Å². The SMILES string of the molecule is COc1ccccc1C1(O)CCN(CC(O)c2ccc(F)cc2)CC1. The molecule has 2 aromatic carbocycles. The molecule has 5 heteroatoms. The van der Waals surface area contributed by atoms with Crippen molar-refractivity contribution < 1.29 is 19.3 Å². The van der Waals surface area contributed by atoms with E-state index in [9.17, 15) is 14.6 Å². The first-order valence-corrected chi connectivity index (χ1v) is 8.53. The molecule has 4 nitrogen and oxygen atoms in total. The maximum Gasteiger partial charge on any atom is 0.124 e. The highest BCUT2D eigenvalue weighted by atomic mass is 19.1. The Kier molecular flexibility index (Phi) is 5.37. The van der Waals surface area contributed by atoms with Crippen LogP contribution in [0.4, 0.5) is 4.39 Å². The van der Waals surface area contributed by atoms with E-state index in [-0.39, 0.29) is 5.82 Å². The lowest BCUT2D eigenvalue weighted by atomic mass is 9.83. The van der Waals surface area contributed by atoms with Crippen molar-refractivity contribution in [1.29, 1.82) is 0 Å². The molecule has 2 N–H and O–H groups in total. The van der Waals surface area contributed by atoms with Crippen LogP contribution in [-0.2, 0) is 5.60 Å².